The Morgan fingerprint density at radius 2 is 1.73 bits per heavy atom. The zero-order valence-corrected chi connectivity index (χ0v) is 19.7. The fourth-order valence-electron chi connectivity index (χ4n) is 4.44. The number of hydrogen-bond acceptors (Lipinski definition) is 4. The summed E-state index contributed by atoms with van der Waals surface area (Å²) in [6.07, 6.45) is -2.41. The Balaban J connectivity index is 1.43. The summed E-state index contributed by atoms with van der Waals surface area (Å²) in [5.74, 6) is 0.0716. The van der Waals surface area contributed by atoms with Crippen LogP contribution in [0.3, 0.4) is 0 Å². The maximum absolute atomic E-state index is 13.5. The number of benzene rings is 2. The normalized spacial score (nSPS) is 14.5. The minimum Gasteiger partial charge on any atom is -0.354 e. The number of hydrogen-bond donors (Lipinski definition) is 1. The fourth-order valence-corrected chi connectivity index (χ4v) is 4.44. The number of fused-ring (bicyclic) bond motifs is 1. The molecule has 1 N–H and O–H groups in total. The molecule has 0 spiro atoms. The third-order valence-corrected chi connectivity index (χ3v) is 6.24. The van der Waals surface area contributed by atoms with Crippen LogP contribution in [-0.2, 0) is 6.18 Å². The number of urea groups is 1. The van der Waals surface area contributed by atoms with Crippen LogP contribution in [0, 0.1) is 5.82 Å². The van der Waals surface area contributed by atoms with Crippen molar-refractivity contribution in [3.63, 3.8) is 0 Å². The highest BCUT2D eigenvalue weighted by atomic mass is 19.4. The van der Waals surface area contributed by atoms with Crippen LogP contribution in [0.5, 0.6) is 0 Å². The molecule has 0 bridgehead atoms. The quantitative estimate of drug-likeness (QED) is 0.334. The maximum Gasteiger partial charge on any atom is 0.433 e. The van der Waals surface area contributed by atoms with E-state index >= 15 is 0 Å². The van der Waals surface area contributed by atoms with Gasteiger partial charge in [-0.2, -0.15) is 13.2 Å². The zero-order chi connectivity index (χ0) is 26.0. The molecule has 2 aromatic carbocycles. The SMILES string of the molecule is O=C(Nc1cccc(F)c1)N1CCCN(c2ncc(-c3ccccc3)c3nc(C(F)(F)F)ccc23)CC1. The number of nitrogens with one attached hydrogen (secondary N) is 1. The molecule has 2 amide bonds. The molecule has 1 fully saturated rings. The highest BCUT2D eigenvalue weighted by Gasteiger charge is 2.33. The molecule has 1 saturated heterocycles. The molecular weight excluding hydrogens is 486 g/mol. The summed E-state index contributed by atoms with van der Waals surface area (Å²) < 4.78 is 54.0. The maximum atomic E-state index is 13.5. The van der Waals surface area contributed by atoms with Crippen molar-refractivity contribution in [1.29, 1.82) is 0 Å². The third-order valence-electron chi connectivity index (χ3n) is 6.24. The first-order chi connectivity index (χ1) is 17.8. The molecule has 3 heterocycles. The van der Waals surface area contributed by atoms with Gasteiger partial charge in [0.05, 0.1) is 5.52 Å². The van der Waals surface area contributed by atoms with Crippen molar-refractivity contribution in [3.8, 4) is 11.1 Å². The molecule has 4 aromatic rings. The molecule has 0 saturated carbocycles. The van der Waals surface area contributed by atoms with E-state index in [1.807, 2.05) is 11.0 Å². The smallest absolute Gasteiger partial charge is 0.354 e. The van der Waals surface area contributed by atoms with Gasteiger partial charge in [0.2, 0.25) is 0 Å². The summed E-state index contributed by atoms with van der Waals surface area (Å²) in [6, 6.07) is 16.8. The Labute approximate surface area is 210 Å². The number of pyridine rings is 2. The van der Waals surface area contributed by atoms with Crippen molar-refractivity contribution in [2.75, 3.05) is 36.4 Å². The van der Waals surface area contributed by atoms with Gasteiger partial charge in [-0.25, -0.2) is 19.2 Å². The topological polar surface area (TPSA) is 61.4 Å². The van der Waals surface area contributed by atoms with Gasteiger partial charge in [-0.05, 0) is 42.3 Å². The van der Waals surface area contributed by atoms with E-state index in [1.54, 1.807) is 41.4 Å². The molecule has 0 radical (unpaired) electrons. The Bertz CT molecular complexity index is 1430. The predicted molar refractivity (Wildman–Crippen MR) is 134 cm³/mol. The zero-order valence-electron chi connectivity index (χ0n) is 19.7. The minimum atomic E-state index is -4.58. The average Bonchev–Trinajstić information content (AvgIpc) is 3.14. The standard InChI is InChI=1S/C27H23F4N5O/c28-19-8-4-9-20(16-19)33-26(37)36-13-5-12-35(14-15-36)25-21-10-11-23(27(29,30)31)34-24(21)22(17-32-25)18-6-2-1-3-7-18/h1-4,6-11,16-17H,5,12-15H2,(H,33,37). The molecular formula is C27H23F4N5O. The summed E-state index contributed by atoms with van der Waals surface area (Å²) in [6.45, 7) is 1.80. The molecule has 190 valence electrons. The van der Waals surface area contributed by atoms with E-state index < -0.39 is 17.7 Å². The highest BCUT2D eigenvalue weighted by molar-refractivity contribution is 5.99. The number of halogens is 4. The summed E-state index contributed by atoms with van der Waals surface area (Å²) in [7, 11) is 0. The minimum absolute atomic E-state index is 0.218. The van der Waals surface area contributed by atoms with Crippen LogP contribution in [0.4, 0.5) is 33.9 Å². The van der Waals surface area contributed by atoms with Gasteiger partial charge in [-0.15, -0.1) is 0 Å². The number of amides is 2. The number of nitrogens with zero attached hydrogens (tertiary/aromatic N) is 4. The van der Waals surface area contributed by atoms with Gasteiger partial charge in [0.15, 0.2) is 0 Å². The van der Waals surface area contributed by atoms with Crippen molar-refractivity contribution in [1.82, 2.24) is 14.9 Å². The first kappa shape index (κ1) is 24.5. The van der Waals surface area contributed by atoms with Crippen molar-refractivity contribution in [3.05, 3.63) is 84.4 Å². The van der Waals surface area contributed by atoms with Crippen LogP contribution in [0.25, 0.3) is 22.0 Å². The third kappa shape index (κ3) is 5.32. The number of aromatic nitrogens is 2. The van der Waals surface area contributed by atoms with E-state index in [0.29, 0.717) is 55.1 Å². The molecule has 0 atom stereocenters. The predicted octanol–water partition coefficient (Wildman–Crippen LogP) is 6.20. The summed E-state index contributed by atoms with van der Waals surface area (Å²) >= 11 is 0. The van der Waals surface area contributed by atoms with Gasteiger partial charge in [0.1, 0.15) is 17.3 Å². The monoisotopic (exact) mass is 509 g/mol. The molecule has 1 aliphatic heterocycles. The Morgan fingerprint density at radius 3 is 2.49 bits per heavy atom. The Morgan fingerprint density at radius 1 is 0.919 bits per heavy atom. The lowest BCUT2D eigenvalue weighted by Gasteiger charge is -2.25. The van der Waals surface area contributed by atoms with Crippen LogP contribution in [0.15, 0.2) is 72.9 Å². The van der Waals surface area contributed by atoms with E-state index in [2.05, 4.69) is 15.3 Å². The van der Waals surface area contributed by atoms with Crippen LogP contribution >= 0.6 is 0 Å². The Kier molecular flexibility index (Phi) is 6.64. The molecule has 0 unspecified atom stereocenters. The molecule has 37 heavy (non-hydrogen) atoms. The Hall–Kier alpha value is -4.21. The van der Waals surface area contributed by atoms with Gasteiger partial charge >= 0.3 is 12.2 Å². The molecule has 1 aliphatic rings. The largest absolute Gasteiger partial charge is 0.433 e. The fraction of sp³-hybridized carbons (Fsp3) is 0.222. The van der Waals surface area contributed by atoms with Crippen LogP contribution in [0.1, 0.15) is 12.1 Å². The second-order valence-electron chi connectivity index (χ2n) is 8.72. The summed E-state index contributed by atoms with van der Waals surface area (Å²) in [4.78, 5) is 25.0. The van der Waals surface area contributed by atoms with E-state index in [4.69, 9.17) is 0 Å². The highest BCUT2D eigenvalue weighted by Crippen LogP contribution is 2.36. The summed E-state index contributed by atoms with van der Waals surface area (Å²) in [5.41, 5.74) is 0.842. The van der Waals surface area contributed by atoms with Crippen LogP contribution in [0.2, 0.25) is 0 Å². The first-order valence-electron chi connectivity index (χ1n) is 11.8. The summed E-state index contributed by atoms with van der Waals surface area (Å²) in [5, 5.41) is 3.21. The number of anilines is 2. The molecule has 0 aliphatic carbocycles. The van der Waals surface area contributed by atoms with Crippen LogP contribution < -0.4 is 10.2 Å². The van der Waals surface area contributed by atoms with Gasteiger partial charge in [-0.1, -0.05) is 36.4 Å². The van der Waals surface area contributed by atoms with Gasteiger partial charge in [0.25, 0.3) is 0 Å². The molecule has 5 rings (SSSR count). The molecule has 2 aromatic heterocycles. The van der Waals surface area contributed by atoms with Crippen molar-refractivity contribution in [2.24, 2.45) is 0 Å². The van der Waals surface area contributed by atoms with Crippen molar-refractivity contribution >= 4 is 28.4 Å². The lowest BCUT2D eigenvalue weighted by molar-refractivity contribution is -0.140. The van der Waals surface area contributed by atoms with E-state index in [9.17, 15) is 22.4 Å². The van der Waals surface area contributed by atoms with E-state index in [1.165, 1.54) is 24.3 Å². The van der Waals surface area contributed by atoms with E-state index in [0.717, 1.165) is 11.6 Å². The molecule has 10 heteroatoms. The number of carbonyl (C=O) groups is 1. The van der Waals surface area contributed by atoms with Crippen molar-refractivity contribution in [2.45, 2.75) is 12.6 Å². The van der Waals surface area contributed by atoms with E-state index in [-0.39, 0.29) is 11.5 Å². The second kappa shape index (κ2) is 10.0. The van der Waals surface area contributed by atoms with Crippen molar-refractivity contribution < 1.29 is 22.4 Å². The lowest BCUT2D eigenvalue weighted by Crippen LogP contribution is -2.38. The van der Waals surface area contributed by atoms with Gasteiger partial charge in [0, 0.05) is 49.0 Å². The second-order valence-corrected chi connectivity index (χ2v) is 8.72. The first-order valence-corrected chi connectivity index (χ1v) is 11.8. The average molecular weight is 510 g/mol. The number of rotatable bonds is 3. The van der Waals surface area contributed by atoms with Crippen LogP contribution in [-0.4, -0.2) is 47.1 Å². The number of carbonyl (C=O) groups excluding carboxylic acids is 1. The lowest BCUT2D eigenvalue weighted by atomic mass is 10.0. The van der Waals surface area contributed by atoms with Gasteiger partial charge in [-0.3, -0.25) is 0 Å². The number of alkyl halides is 3. The van der Waals surface area contributed by atoms with Gasteiger partial charge < -0.3 is 15.1 Å². The molecule has 6 nitrogen and oxygen atoms in total.